The van der Waals surface area contributed by atoms with Crippen molar-refractivity contribution < 1.29 is 44.2 Å². The van der Waals surface area contributed by atoms with Crippen LogP contribution in [0.1, 0.15) is 45.4 Å². The first kappa shape index (κ1) is 34.1. The highest BCUT2D eigenvalue weighted by Gasteiger charge is 2.48. The summed E-state index contributed by atoms with van der Waals surface area (Å²) in [5.74, 6) is 0.665. The first-order valence-corrected chi connectivity index (χ1v) is 14.9. The van der Waals surface area contributed by atoms with Gasteiger partial charge in [0.15, 0.2) is 12.6 Å². The number of hydrogen-bond donors (Lipinski definition) is 9. The van der Waals surface area contributed by atoms with Gasteiger partial charge in [-0.1, -0.05) is 6.92 Å². The Kier molecular flexibility index (Phi) is 14.6. The summed E-state index contributed by atoms with van der Waals surface area (Å²) in [6.45, 7) is 4.60. The minimum atomic E-state index is -1.45. The van der Waals surface area contributed by atoms with E-state index in [1.165, 1.54) is 0 Å². The summed E-state index contributed by atoms with van der Waals surface area (Å²) in [6, 6.07) is -1.56. The lowest BCUT2D eigenvalue weighted by Crippen LogP contribution is -2.66. The number of hydrogen-bond acceptors (Lipinski definition) is 13. The van der Waals surface area contributed by atoms with E-state index in [0.717, 1.165) is 44.7 Å². The molecule has 3 rings (SSSR count). The van der Waals surface area contributed by atoms with E-state index in [2.05, 4.69) is 16.0 Å². The Labute approximate surface area is 242 Å². The van der Waals surface area contributed by atoms with Crippen molar-refractivity contribution in [2.45, 2.75) is 101 Å². The van der Waals surface area contributed by atoms with Gasteiger partial charge >= 0.3 is 0 Å². The Morgan fingerprint density at radius 1 is 1.24 bits per heavy atom. The molecule has 1 amide bonds. The molecule has 0 aromatic heterocycles. The summed E-state index contributed by atoms with van der Waals surface area (Å²) in [5.41, 5.74) is 11.9. The fourth-order valence-electron chi connectivity index (χ4n) is 5.41. The van der Waals surface area contributed by atoms with Gasteiger partial charge in [-0.2, -0.15) is 0 Å². The molecular formula is C27H51N5O9. The molecule has 0 unspecified atom stereocenters. The van der Waals surface area contributed by atoms with Crippen LogP contribution in [0.25, 0.3) is 0 Å². The van der Waals surface area contributed by atoms with E-state index in [9.17, 15) is 25.2 Å². The largest absolute Gasteiger partial charge is 0.468 e. The van der Waals surface area contributed by atoms with Gasteiger partial charge in [-0.05, 0) is 63.7 Å². The normalized spacial score (nSPS) is 31.5. The maximum atomic E-state index is 12.5. The summed E-state index contributed by atoms with van der Waals surface area (Å²) in [6.07, 6.45) is -1.72. The summed E-state index contributed by atoms with van der Waals surface area (Å²) in [5, 5.41) is 50.5. The fraction of sp³-hybridized carbons (Fsp3) is 0.889. The number of carbonyl (C=O) groups is 1. The number of allylic oxidation sites excluding steroid dienone is 1. The lowest BCUT2D eigenvalue weighted by Gasteiger charge is -2.45. The van der Waals surface area contributed by atoms with E-state index >= 15 is 0 Å². The topological polar surface area (TPSA) is 223 Å². The standard InChI is InChI=1S/C27H51N5O9/c1-2-20(34)27(38-11-10-33)41-25-19(32-26(37)21(35)13-28)12-18(29)24(23(25)36)40-22-5-3-4-17(39-22)15-31-14-16-6-8-30-9-7-16/h4,16,18-25,27,30-31,33-36H,2-3,5-15,28-29H2,1H3,(H,32,37)/t18-,19+,20+,21+,22+,23-,24+,25-,27+/m0/s1. The number of nitrogens with two attached hydrogens (primary N) is 2. The first-order valence-electron chi connectivity index (χ1n) is 14.9. The van der Waals surface area contributed by atoms with Gasteiger partial charge in [0.2, 0.25) is 5.91 Å². The van der Waals surface area contributed by atoms with Gasteiger partial charge in [0.1, 0.15) is 36.3 Å². The average Bonchev–Trinajstić information content (AvgIpc) is 2.98. The van der Waals surface area contributed by atoms with Gasteiger partial charge in [-0.15, -0.1) is 0 Å². The Balaban J connectivity index is 1.65. The van der Waals surface area contributed by atoms with Crippen LogP contribution in [0.5, 0.6) is 0 Å². The van der Waals surface area contributed by atoms with Crippen LogP contribution >= 0.6 is 0 Å². The highest BCUT2D eigenvalue weighted by Crippen LogP contribution is 2.30. The monoisotopic (exact) mass is 589 g/mol. The van der Waals surface area contributed by atoms with Gasteiger partial charge in [0.05, 0.1) is 25.8 Å². The van der Waals surface area contributed by atoms with Crippen molar-refractivity contribution in [2.75, 3.05) is 45.9 Å². The fourth-order valence-corrected chi connectivity index (χ4v) is 5.41. The van der Waals surface area contributed by atoms with E-state index in [1.54, 1.807) is 6.92 Å². The molecule has 1 saturated heterocycles. The van der Waals surface area contributed by atoms with Crippen LogP contribution < -0.4 is 27.4 Å². The molecule has 0 spiro atoms. The molecule has 9 atom stereocenters. The number of rotatable bonds is 16. The molecule has 2 aliphatic heterocycles. The lowest BCUT2D eigenvalue weighted by atomic mass is 9.83. The van der Waals surface area contributed by atoms with E-state index in [-0.39, 0.29) is 32.6 Å². The van der Waals surface area contributed by atoms with Crippen LogP contribution in [0.2, 0.25) is 0 Å². The van der Waals surface area contributed by atoms with Crippen molar-refractivity contribution in [1.82, 2.24) is 16.0 Å². The molecule has 1 saturated carbocycles. The second-order valence-corrected chi connectivity index (χ2v) is 11.0. The number of aliphatic hydroxyl groups excluding tert-OH is 4. The number of amides is 1. The number of ether oxygens (including phenoxy) is 4. The summed E-state index contributed by atoms with van der Waals surface area (Å²) < 4.78 is 23.8. The van der Waals surface area contributed by atoms with Crippen LogP contribution in [-0.4, -0.2) is 127 Å². The molecule has 11 N–H and O–H groups in total. The zero-order valence-electron chi connectivity index (χ0n) is 24.0. The molecule has 14 nitrogen and oxygen atoms in total. The van der Waals surface area contributed by atoms with Crippen LogP contribution in [0.4, 0.5) is 0 Å². The number of aliphatic hydroxyl groups is 4. The van der Waals surface area contributed by atoms with Crippen molar-refractivity contribution in [3.8, 4) is 0 Å². The molecule has 0 bridgehead atoms. The first-order chi connectivity index (χ1) is 19.8. The minimum absolute atomic E-state index is 0.108. The van der Waals surface area contributed by atoms with Crippen molar-refractivity contribution in [3.63, 3.8) is 0 Å². The van der Waals surface area contributed by atoms with E-state index in [1.807, 2.05) is 6.08 Å². The zero-order valence-corrected chi connectivity index (χ0v) is 24.0. The highest BCUT2D eigenvalue weighted by molar-refractivity contribution is 5.81. The Hall–Kier alpha value is -1.43. The quantitative estimate of drug-likeness (QED) is 0.0842. The molecule has 1 aliphatic carbocycles. The third-order valence-electron chi connectivity index (χ3n) is 7.83. The Morgan fingerprint density at radius 2 is 2.00 bits per heavy atom. The molecule has 41 heavy (non-hydrogen) atoms. The molecule has 14 heteroatoms. The van der Waals surface area contributed by atoms with Gasteiger partial charge in [-0.25, -0.2) is 0 Å². The Morgan fingerprint density at radius 3 is 2.68 bits per heavy atom. The van der Waals surface area contributed by atoms with Gasteiger partial charge in [0.25, 0.3) is 0 Å². The van der Waals surface area contributed by atoms with Crippen LogP contribution in [-0.2, 0) is 23.7 Å². The lowest BCUT2D eigenvalue weighted by molar-refractivity contribution is -0.269. The summed E-state index contributed by atoms with van der Waals surface area (Å²) in [7, 11) is 0. The maximum Gasteiger partial charge on any atom is 0.250 e. The number of nitrogens with one attached hydrogen (secondary N) is 3. The predicted molar refractivity (Wildman–Crippen MR) is 149 cm³/mol. The minimum Gasteiger partial charge on any atom is -0.468 e. The second-order valence-electron chi connectivity index (χ2n) is 11.0. The smallest absolute Gasteiger partial charge is 0.250 e. The maximum absolute atomic E-state index is 12.5. The molecule has 0 radical (unpaired) electrons. The molecular weight excluding hydrogens is 538 g/mol. The predicted octanol–water partition coefficient (Wildman–Crippen LogP) is -2.63. The van der Waals surface area contributed by atoms with E-state index in [0.29, 0.717) is 18.9 Å². The summed E-state index contributed by atoms with van der Waals surface area (Å²) in [4.78, 5) is 12.5. The van der Waals surface area contributed by atoms with Crippen molar-refractivity contribution in [2.24, 2.45) is 17.4 Å². The molecule has 238 valence electrons. The van der Waals surface area contributed by atoms with Crippen molar-refractivity contribution in [3.05, 3.63) is 11.8 Å². The molecule has 0 aromatic rings. The van der Waals surface area contributed by atoms with Crippen LogP contribution in [0, 0.1) is 5.92 Å². The molecule has 2 fully saturated rings. The number of piperidine rings is 1. The number of carbonyl (C=O) groups excluding carboxylic acids is 1. The van der Waals surface area contributed by atoms with Gasteiger partial charge in [-0.3, -0.25) is 4.79 Å². The SMILES string of the molecule is CC[C@@H](O)[C@H](OCCO)O[C@@H]1[C@@H](O)[C@H](O[C@@H]2CCC=C(CNCC3CCNCC3)O2)[C@@H](N)C[C@H]1NC(=O)[C@H](O)CN. The second kappa shape index (κ2) is 17.6. The zero-order chi connectivity index (χ0) is 29.8. The third-order valence-corrected chi connectivity index (χ3v) is 7.83. The van der Waals surface area contributed by atoms with Crippen molar-refractivity contribution in [1.29, 1.82) is 0 Å². The van der Waals surface area contributed by atoms with E-state index < -0.39 is 61.1 Å². The van der Waals surface area contributed by atoms with Crippen LogP contribution in [0.3, 0.4) is 0 Å². The molecule has 0 aromatic carbocycles. The average molecular weight is 590 g/mol. The molecule has 3 aliphatic rings. The van der Waals surface area contributed by atoms with Gasteiger partial charge in [0, 0.05) is 19.0 Å². The van der Waals surface area contributed by atoms with Crippen LogP contribution in [0.15, 0.2) is 11.8 Å². The summed E-state index contributed by atoms with van der Waals surface area (Å²) >= 11 is 0. The molecule has 2 heterocycles. The van der Waals surface area contributed by atoms with E-state index in [4.69, 9.17) is 30.4 Å². The Bertz CT molecular complexity index is 803. The highest BCUT2D eigenvalue weighted by atomic mass is 16.7. The van der Waals surface area contributed by atoms with Gasteiger partial charge < -0.3 is 66.8 Å². The third kappa shape index (κ3) is 10.4. The van der Waals surface area contributed by atoms with Crippen molar-refractivity contribution >= 4 is 5.91 Å².